The highest BCUT2D eigenvalue weighted by atomic mass is 19.4. The van der Waals surface area contributed by atoms with Crippen molar-refractivity contribution in [2.45, 2.75) is 25.2 Å². The molecule has 4 heterocycles. The lowest BCUT2D eigenvalue weighted by atomic mass is 9.86. The molecule has 0 saturated carbocycles. The van der Waals surface area contributed by atoms with Crippen molar-refractivity contribution in [2.24, 2.45) is 12.5 Å². The highest BCUT2D eigenvalue weighted by Gasteiger charge is 2.49. The summed E-state index contributed by atoms with van der Waals surface area (Å²) in [6.07, 6.45) is -3.72. The zero-order chi connectivity index (χ0) is 28.2. The second-order valence-corrected chi connectivity index (χ2v) is 8.08. The zero-order valence-electron chi connectivity index (χ0n) is 18.9. The molecule has 12 nitrogen and oxygen atoms in total. The number of hydrogen-bond donors (Lipinski definition) is 3. The van der Waals surface area contributed by atoms with E-state index in [1.54, 1.807) is 28.0 Å². The molecular weight excluding hydrogens is 522 g/mol. The molecule has 4 rings (SSSR count). The van der Waals surface area contributed by atoms with Crippen molar-refractivity contribution in [3.05, 3.63) is 30.4 Å². The third-order valence-electron chi connectivity index (χ3n) is 5.27. The number of carbonyl (C=O) groups excluding carboxylic acids is 2. The van der Waals surface area contributed by atoms with E-state index >= 15 is 0 Å². The number of anilines is 1. The molecular formula is C19H20F6N6O6. The van der Waals surface area contributed by atoms with Crippen LogP contribution in [0.15, 0.2) is 24.7 Å². The fourth-order valence-corrected chi connectivity index (χ4v) is 3.61. The molecule has 2 aliphatic heterocycles. The number of rotatable bonds is 2. The summed E-state index contributed by atoms with van der Waals surface area (Å²) in [6, 6.07) is 1.68. The van der Waals surface area contributed by atoms with E-state index in [9.17, 15) is 35.9 Å². The molecule has 0 aromatic carbocycles. The Kier molecular flexibility index (Phi) is 8.55. The van der Waals surface area contributed by atoms with Gasteiger partial charge in [-0.15, -0.1) is 0 Å². The van der Waals surface area contributed by atoms with E-state index < -0.39 is 24.3 Å². The topological polar surface area (TPSA) is 162 Å². The van der Waals surface area contributed by atoms with E-state index in [2.05, 4.69) is 15.3 Å². The molecule has 1 unspecified atom stereocenters. The number of alkyl halides is 6. The van der Waals surface area contributed by atoms with Gasteiger partial charge in [-0.1, -0.05) is 0 Å². The first-order valence-electron chi connectivity index (χ1n) is 10.1. The number of aryl methyl sites for hydroxylation is 1. The molecule has 204 valence electrons. The Morgan fingerprint density at radius 3 is 2.05 bits per heavy atom. The number of carboxylic acid groups (broad SMARTS) is 2. The van der Waals surface area contributed by atoms with Crippen LogP contribution in [0.25, 0.3) is 0 Å². The van der Waals surface area contributed by atoms with E-state index in [1.807, 2.05) is 18.1 Å². The molecule has 1 atom stereocenters. The molecule has 0 radical (unpaired) electrons. The predicted octanol–water partition coefficient (Wildman–Crippen LogP) is 1.68. The van der Waals surface area contributed by atoms with Gasteiger partial charge in [-0.3, -0.25) is 19.4 Å². The molecule has 1 spiro atoms. The van der Waals surface area contributed by atoms with Crippen LogP contribution in [0.2, 0.25) is 0 Å². The van der Waals surface area contributed by atoms with E-state index in [4.69, 9.17) is 19.8 Å². The summed E-state index contributed by atoms with van der Waals surface area (Å²) >= 11 is 0. The number of halogens is 6. The van der Waals surface area contributed by atoms with Crippen molar-refractivity contribution in [1.29, 1.82) is 0 Å². The molecule has 2 aliphatic rings. The number of carbonyl (C=O) groups is 4. The Hall–Kier alpha value is -4.12. The Morgan fingerprint density at radius 1 is 1.05 bits per heavy atom. The summed E-state index contributed by atoms with van der Waals surface area (Å²) in [5.74, 6) is -5.46. The molecule has 2 saturated heterocycles. The first kappa shape index (κ1) is 29.1. The number of hydrogen-bond acceptors (Lipinski definition) is 6. The van der Waals surface area contributed by atoms with Gasteiger partial charge in [0.05, 0.1) is 11.9 Å². The van der Waals surface area contributed by atoms with Crippen LogP contribution in [-0.4, -0.2) is 90.8 Å². The second-order valence-electron chi connectivity index (χ2n) is 8.08. The zero-order valence-corrected chi connectivity index (χ0v) is 18.9. The number of aromatic amines is 1. The average molecular weight is 542 g/mol. The van der Waals surface area contributed by atoms with E-state index in [-0.39, 0.29) is 17.2 Å². The molecule has 2 aromatic heterocycles. The smallest absolute Gasteiger partial charge is 0.475 e. The van der Waals surface area contributed by atoms with Crippen molar-refractivity contribution in [1.82, 2.24) is 24.9 Å². The van der Waals surface area contributed by atoms with Crippen LogP contribution in [0, 0.1) is 5.41 Å². The highest BCUT2D eigenvalue weighted by Crippen LogP contribution is 2.42. The summed E-state index contributed by atoms with van der Waals surface area (Å²) in [7, 11) is 1.83. The molecule has 2 fully saturated rings. The van der Waals surface area contributed by atoms with Gasteiger partial charge in [-0.2, -0.15) is 36.5 Å². The summed E-state index contributed by atoms with van der Waals surface area (Å²) in [5.41, 5.74) is 1.17. The molecule has 0 bridgehead atoms. The quantitative estimate of drug-likeness (QED) is 0.483. The van der Waals surface area contributed by atoms with Crippen molar-refractivity contribution in [2.75, 3.05) is 24.5 Å². The van der Waals surface area contributed by atoms with Gasteiger partial charge in [0.1, 0.15) is 5.69 Å². The SMILES string of the molecule is Cn1cc(N2CC3(CCN(C(=O)c4ccn[nH]4)C3)CC2=O)cn1.O=C(O)C(F)(F)F.O=C(O)C(F)(F)F. The number of aliphatic carboxylic acids is 2. The summed E-state index contributed by atoms with van der Waals surface area (Å²) in [5, 5.41) is 24.9. The monoisotopic (exact) mass is 542 g/mol. The summed E-state index contributed by atoms with van der Waals surface area (Å²) in [6.45, 7) is 1.92. The van der Waals surface area contributed by atoms with Crippen LogP contribution in [-0.2, 0) is 21.4 Å². The Bertz CT molecular complexity index is 1110. The number of carboxylic acids is 2. The normalized spacial score (nSPS) is 19.3. The highest BCUT2D eigenvalue weighted by molar-refractivity contribution is 5.97. The van der Waals surface area contributed by atoms with Gasteiger partial charge in [-0.25, -0.2) is 9.59 Å². The minimum atomic E-state index is -5.08. The molecule has 0 aliphatic carbocycles. The third-order valence-corrected chi connectivity index (χ3v) is 5.27. The first-order chi connectivity index (χ1) is 16.9. The Balaban J connectivity index is 0.000000286. The molecule has 37 heavy (non-hydrogen) atoms. The number of likely N-dealkylation sites (tertiary alicyclic amines) is 1. The number of nitrogens with one attached hydrogen (secondary N) is 1. The van der Waals surface area contributed by atoms with Gasteiger partial charge < -0.3 is 20.0 Å². The fraction of sp³-hybridized carbons (Fsp3) is 0.474. The van der Waals surface area contributed by atoms with Crippen LogP contribution < -0.4 is 4.90 Å². The van der Waals surface area contributed by atoms with Gasteiger partial charge in [0, 0.05) is 50.9 Å². The maximum atomic E-state index is 12.4. The van der Waals surface area contributed by atoms with Gasteiger partial charge in [0.25, 0.3) is 5.91 Å². The lowest BCUT2D eigenvalue weighted by Gasteiger charge is -2.23. The minimum absolute atomic E-state index is 0.0494. The minimum Gasteiger partial charge on any atom is -0.475 e. The van der Waals surface area contributed by atoms with Crippen molar-refractivity contribution < 1.29 is 55.7 Å². The largest absolute Gasteiger partial charge is 0.490 e. The van der Waals surface area contributed by atoms with Crippen LogP contribution in [0.1, 0.15) is 23.3 Å². The first-order valence-corrected chi connectivity index (χ1v) is 10.1. The summed E-state index contributed by atoms with van der Waals surface area (Å²) in [4.78, 5) is 46.2. The third kappa shape index (κ3) is 7.68. The maximum Gasteiger partial charge on any atom is 0.490 e. The molecule has 18 heteroatoms. The van der Waals surface area contributed by atoms with E-state index in [0.29, 0.717) is 31.7 Å². The van der Waals surface area contributed by atoms with E-state index in [0.717, 1.165) is 12.1 Å². The van der Waals surface area contributed by atoms with Crippen molar-refractivity contribution in [3.63, 3.8) is 0 Å². The van der Waals surface area contributed by atoms with Crippen molar-refractivity contribution >= 4 is 29.4 Å². The van der Waals surface area contributed by atoms with Crippen molar-refractivity contribution in [3.8, 4) is 0 Å². The molecule has 3 N–H and O–H groups in total. The maximum absolute atomic E-state index is 12.4. The molecule has 2 amide bonds. The van der Waals surface area contributed by atoms with Crippen LogP contribution in [0.5, 0.6) is 0 Å². The predicted molar refractivity (Wildman–Crippen MR) is 109 cm³/mol. The number of nitrogens with zero attached hydrogens (tertiary/aromatic N) is 5. The van der Waals surface area contributed by atoms with Crippen LogP contribution >= 0.6 is 0 Å². The van der Waals surface area contributed by atoms with Gasteiger partial charge in [0.15, 0.2) is 0 Å². The van der Waals surface area contributed by atoms with E-state index in [1.165, 1.54) is 0 Å². The second kappa shape index (κ2) is 10.9. The average Bonchev–Trinajstić information content (AvgIpc) is 3.56. The van der Waals surface area contributed by atoms with Gasteiger partial charge in [-0.05, 0) is 12.5 Å². The number of amides is 2. The lowest BCUT2D eigenvalue weighted by Crippen LogP contribution is -2.34. The Morgan fingerprint density at radius 2 is 1.62 bits per heavy atom. The summed E-state index contributed by atoms with van der Waals surface area (Å²) < 4.78 is 65.2. The van der Waals surface area contributed by atoms with Crippen LogP contribution in [0.3, 0.4) is 0 Å². The van der Waals surface area contributed by atoms with Gasteiger partial charge in [0.2, 0.25) is 5.91 Å². The Labute approximate surface area is 203 Å². The lowest BCUT2D eigenvalue weighted by molar-refractivity contribution is -0.193. The number of H-pyrrole nitrogens is 1. The van der Waals surface area contributed by atoms with Gasteiger partial charge >= 0.3 is 24.3 Å². The molecule has 2 aromatic rings. The standard InChI is InChI=1S/C15H18N6O2.2C2HF3O2/c1-19-8-11(7-17-19)21-10-15(6-13(21)22)3-5-20(9-15)14(23)12-2-4-16-18-12;2*3-2(4,5)1(6)7/h2,4,7-8H,3,5-6,9-10H2,1H3,(H,16,18);2*(H,6,7). The number of aromatic nitrogens is 4. The fourth-order valence-electron chi connectivity index (χ4n) is 3.61. The van der Waals surface area contributed by atoms with Crippen LogP contribution in [0.4, 0.5) is 32.0 Å².